The molecule has 2 N–H and O–H groups in total. The zero-order chi connectivity index (χ0) is 14.5. The highest BCUT2D eigenvalue weighted by Gasteiger charge is 2.11. The van der Waals surface area contributed by atoms with Gasteiger partial charge in [0, 0.05) is 11.6 Å². The molecule has 20 heavy (non-hydrogen) atoms. The number of rotatable bonds is 4. The third-order valence-electron chi connectivity index (χ3n) is 2.40. The third kappa shape index (κ3) is 3.59. The molecule has 0 aliphatic heterocycles. The Morgan fingerprint density at radius 2 is 2.10 bits per heavy atom. The van der Waals surface area contributed by atoms with Gasteiger partial charge in [0.05, 0.1) is 23.1 Å². The molecular formula is C13H12Cl2N4O. The molecular weight excluding hydrogens is 299 g/mol. The Labute approximate surface area is 126 Å². The number of carbonyl (C=O) groups excluding carboxylic acids is 1. The molecule has 104 valence electrons. The molecule has 0 atom stereocenters. The maximum Gasteiger partial charge on any atom is 0.275 e. The van der Waals surface area contributed by atoms with Gasteiger partial charge in [-0.25, -0.2) is 4.98 Å². The van der Waals surface area contributed by atoms with Crippen LogP contribution >= 0.6 is 23.2 Å². The average molecular weight is 311 g/mol. The molecule has 0 bridgehead atoms. The van der Waals surface area contributed by atoms with E-state index in [1.807, 2.05) is 6.92 Å². The molecule has 1 aromatic heterocycles. The van der Waals surface area contributed by atoms with Crippen LogP contribution in [-0.4, -0.2) is 22.4 Å². The first-order chi connectivity index (χ1) is 9.60. The third-order valence-corrected chi connectivity index (χ3v) is 2.97. The van der Waals surface area contributed by atoms with Crippen molar-refractivity contribution in [3.63, 3.8) is 0 Å². The minimum absolute atomic E-state index is 0.194. The number of hydrogen-bond donors (Lipinski definition) is 2. The second-order valence-electron chi connectivity index (χ2n) is 3.90. The van der Waals surface area contributed by atoms with Crippen molar-refractivity contribution in [2.75, 3.05) is 17.2 Å². The summed E-state index contributed by atoms with van der Waals surface area (Å²) in [7, 11) is 0. The van der Waals surface area contributed by atoms with Crippen LogP contribution in [0.2, 0.25) is 10.0 Å². The Morgan fingerprint density at radius 3 is 2.85 bits per heavy atom. The van der Waals surface area contributed by atoms with Crippen molar-refractivity contribution < 1.29 is 4.79 Å². The van der Waals surface area contributed by atoms with Crippen LogP contribution in [0.1, 0.15) is 17.4 Å². The summed E-state index contributed by atoms with van der Waals surface area (Å²) in [6.07, 6.45) is 2.93. The first kappa shape index (κ1) is 14.6. The van der Waals surface area contributed by atoms with Crippen LogP contribution in [-0.2, 0) is 0 Å². The van der Waals surface area contributed by atoms with Gasteiger partial charge in [0.15, 0.2) is 0 Å². The summed E-state index contributed by atoms with van der Waals surface area (Å²) in [6, 6.07) is 4.83. The fourth-order valence-electron chi connectivity index (χ4n) is 1.52. The maximum atomic E-state index is 12.1. The van der Waals surface area contributed by atoms with Crippen LogP contribution in [0.5, 0.6) is 0 Å². The largest absolute Gasteiger partial charge is 0.369 e. The normalized spacial score (nSPS) is 10.2. The number of carbonyl (C=O) groups is 1. The summed E-state index contributed by atoms with van der Waals surface area (Å²) in [6.45, 7) is 2.63. The molecule has 0 unspecified atom stereocenters. The molecule has 0 saturated heterocycles. The first-order valence-corrected chi connectivity index (χ1v) is 6.68. The molecule has 7 heteroatoms. The van der Waals surface area contributed by atoms with Crippen molar-refractivity contribution in [3.05, 3.63) is 46.3 Å². The van der Waals surface area contributed by atoms with E-state index < -0.39 is 5.91 Å². The number of anilines is 2. The SMILES string of the molecule is CCNc1cncc(C(=O)Nc2cc(Cl)ccc2Cl)n1. The van der Waals surface area contributed by atoms with E-state index in [2.05, 4.69) is 20.6 Å². The Morgan fingerprint density at radius 1 is 1.30 bits per heavy atom. The van der Waals surface area contributed by atoms with Crippen LogP contribution in [0.25, 0.3) is 0 Å². The van der Waals surface area contributed by atoms with Crippen molar-refractivity contribution in [3.8, 4) is 0 Å². The zero-order valence-corrected chi connectivity index (χ0v) is 12.2. The van der Waals surface area contributed by atoms with Gasteiger partial charge < -0.3 is 10.6 Å². The molecule has 1 amide bonds. The summed E-state index contributed by atoms with van der Waals surface area (Å²) in [4.78, 5) is 20.2. The fraction of sp³-hybridized carbons (Fsp3) is 0.154. The number of halogens is 2. The van der Waals surface area contributed by atoms with Gasteiger partial charge in [0.2, 0.25) is 0 Å². The molecule has 0 aliphatic rings. The van der Waals surface area contributed by atoms with Crippen molar-refractivity contribution >= 4 is 40.6 Å². The van der Waals surface area contributed by atoms with E-state index >= 15 is 0 Å². The standard InChI is InChI=1S/C13H12Cl2N4O/c1-2-17-12-7-16-6-11(18-12)13(20)19-10-5-8(14)3-4-9(10)15/h3-7H,2H2,1H3,(H,17,18)(H,19,20). The predicted octanol–water partition coefficient (Wildman–Crippen LogP) is 3.47. The predicted molar refractivity (Wildman–Crippen MR) is 80.6 cm³/mol. The number of amides is 1. The highest BCUT2D eigenvalue weighted by molar-refractivity contribution is 6.35. The van der Waals surface area contributed by atoms with Gasteiger partial charge in [-0.05, 0) is 25.1 Å². The number of aromatic nitrogens is 2. The monoisotopic (exact) mass is 310 g/mol. The van der Waals surface area contributed by atoms with Crippen molar-refractivity contribution in [1.29, 1.82) is 0 Å². The lowest BCUT2D eigenvalue weighted by Crippen LogP contribution is -2.15. The van der Waals surface area contributed by atoms with Crippen molar-refractivity contribution in [1.82, 2.24) is 9.97 Å². The molecule has 1 heterocycles. The molecule has 1 aromatic carbocycles. The molecule has 2 rings (SSSR count). The second-order valence-corrected chi connectivity index (χ2v) is 4.74. The quantitative estimate of drug-likeness (QED) is 0.907. The van der Waals surface area contributed by atoms with Gasteiger partial charge in [-0.2, -0.15) is 0 Å². The molecule has 0 saturated carbocycles. The minimum Gasteiger partial charge on any atom is -0.369 e. The van der Waals surface area contributed by atoms with E-state index in [1.54, 1.807) is 24.4 Å². The molecule has 5 nitrogen and oxygen atoms in total. The molecule has 0 radical (unpaired) electrons. The van der Waals surface area contributed by atoms with Gasteiger partial charge in [0.1, 0.15) is 11.5 Å². The van der Waals surface area contributed by atoms with Crippen LogP contribution in [0.3, 0.4) is 0 Å². The number of nitrogens with zero attached hydrogens (tertiary/aromatic N) is 2. The number of benzene rings is 1. The van der Waals surface area contributed by atoms with Crippen molar-refractivity contribution in [2.24, 2.45) is 0 Å². The maximum absolute atomic E-state index is 12.1. The Bertz CT molecular complexity index is 634. The van der Waals surface area contributed by atoms with Gasteiger partial charge in [-0.3, -0.25) is 9.78 Å². The van der Waals surface area contributed by atoms with Gasteiger partial charge in [-0.15, -0.1) is 0 Å². The van der Waals surface area contributed by atoms with Gasteiger partial charge in [-0.1, -0.05) is 23.2 Å². The number of hydrogen-bond acceptors (Lipinski definition) is 4. The second kappa shape index (κ2) is 6.54. The van der Waals surface area contributed by atoms with E-state index in [4.69, 9.17) is 23.2 Å². The highest BCUT2D eigenvalue weighted by Crippen LogP contribution is 2.25. The molecule has 0 aliphatic carbocycles. The lowest BCUT2D eigenvalue weighted by atomic mass is 10.3. The van der Waals surface area contributed by atoms with Crippen LogP contribution in [0.4, 0.5) is 11.5 Å². The zero-order valence-electron chi connectivity index (χ0n) is 10.7. The first-order valence-electron chi connectivity index (χ1n) is 5.92. The summed E-state index contributed by atoms with van der Waals surface area (Å²) < 4.78 is 0. The van der Waals surface area contributed by atoms with E-state index in [9.17, 15) is 4.79 Å². The smallest absolute Gasteiger partial charge is 0.275 e. The van der Waals surface area contributed by atoms with E-state index in [0.29, 0.717) is 28.1 Å². The average Bonchev–Trinajstić information content (AvgIpc) is 2.43. The lowest BCUT2D eigenvalue weighted by Gasteiger charge is -2.08. The minimum atomic E-state index is -0.401. The van der Waals surface area contributed by atoms with Gasteiger partial charge in [0.25, 0.3) is 5.91 Å². The Kier molecular flexibility index (Phi) is 4.76. The van der Waals surface area contributed by atoms with Crippen LogP contribution in [0.15, 0.2) is 30.6 Å². The Balaban J connectivity index is 2.19. The molecule has 0 fully saturated rings. The summed E-state index contributed by atoms with van der Waals surface area (Å²) in [5, 5.41) is 6.52. The summed E-state index contributed by atoms with van der Waals surface area (Å²) >= 11 is 11.9. The molecule has 2 aromatic rings. The molecule has 0 spiro atoms. The fourth-order valence-corrected chi connectivity index (χ4v) is 1.86. The van der Waals surface area contributed by atoms with Crippen LogP contribution < -0.4 is 10.6 Å². The summed E-state index contributed by atoms with van der Waals surface area (Å²) in [5.41, 5.74) is 0.624. The Hall–Kier alpha value is -1.85. The topological polar surface area (TPSA) is 66.9 Å². The van der Waals surface area contributed by atoms with Crippen LogP contribution in [0, 0.1) is 0 Å². The highest BCUT2D eigenvalue weighted by atomic mass is 35.5. The van der Waals surface area contributed by atoms with E-state index in [0.717, 1.165) is 0 Å². The lowest BCUT2D eigenvalue weighted by molar-refractivity contribution is 0.102. The number of nitrogens with one attached hydrogen (secondary N) is 2. The van der Waals surface area contributed by atoms with Crippen molar-refractivity contribution in [2.45, 2.75) is 6.92 Å². The summed E-state index contributed by atoms with van der Waals surface area (Å²) in [5.74, 6) is 0.138. The van der Waals surface area contributed by atoms with E-state index in [-0.39, 0.29) is 5.69 Å². The van der Waals surface area contributed by atoms with Gasteiger partial charge >= 0.3 is 0 Å². The van der Waals surface area contributed by atoms with E-state index in [1.165, 1.54) is 6.20 Å².